The molecule has 6 heteroatoms. The molecule has 0 aromatic rings. The zero-order chi connectivity index (χ0) is 18.5. The van der Waals surface area contributed by atoms with Gasteiger partial charge in [-0.1, -0.05) is 78.1 Å². The molecular weight excluding hydrogens is 342 g/mol. The third-order valence-corrected chi connectivity index (χ3v) is 11.2. The summed E-state index contributed by atoms with van der Waals surface area (Å²) in [6, 6.07) is 0. The van der Waals surface area contributed by atoms with Gasteiger partial charge in [-0.2, -0.15) is 0 Å². The van der Waals surface area contributed by atoms with Crippen LogP contribution in [0.3, 0.4) is 0 Å². The van der Waals surface area contributed by atoms with Crippen molar-refractivity contribution < 1.29 is 18.9 Å². The summed E-state index contributed by atoms with van der Waals surface area (Å²) >= 11 is 0. The summed E-state index contributed by atoms with van der Waals surface area (Å²) in [6.07, 6.45) is 12.9. The van der Waals surface area contributed by atoms with Crippen molar-refractivity contribution in [3.05, 3.63) is 0 Å². The van der Waals surface area contributed by atoms with Gasteiger partial charge in [0.1, 0.15) is 5.40 Å². The Balaban J connectivity index is 4.13. The molecule has 2 N–H and O–H groups in total. The van der Waals surface area contributed by atoms with E-state index in [1.165, 1.54) is 32.6 Å². The van der Waals surface area contributed by atoms with Crippen LogP contribution in [0.5, 0.6) is 0 Å². The topological polar surface area (TPSA) is 74.6 Å². The first-order valence-electron chi connectivity index (χ1n) is 9.91. The van der Waals surface area contributed by atoms with Crippen LogP contribution >= 0.6 is 14.7 Å². The Morgan fingerprint density at radius 2 is 0.917 bits per heavy atom. The van der Waals surface area contributed by atoms with Crippen molar-refractivity contribution in [2.24, 2.45) is 0 Å². The van der Waals surface area contributed by atoms with Crippen LogP contribution in [0.2, 0.25) is 0 Å². The van der Waals surface area contributed by atoms with Gasteiger partial charge in [-0.25, -0.2) is 0 Å². The van der Waals surface area contributed by atoms with Gasteiger partial charge in [-0.3, -0.25) is 9.13 Å². The molecular formula is C18H40O4P2. The number of hydrogen-bond acceptors (Lipinski definition) is 2. The van der Waals surface area contributed by atoms with Crippen molar-refractivity contribution in [3.63, 3.8) is 0 Å². The molecule has 0 saturated carbocycles. The minimum atomic E-state index is -3.54. The van der Waals surface area contributed by atoms with Crippen LogP contribution in [0.25, 0.3) is 0 Å². The normalized spacial score (nSPS) is 18.0. The van der Waals surface area contributed by atoms with E-state index in [9.17, 15) is 18.9 Å². The first kappa shape index (κ1) is 24.4. The summed E-state index contributed by atoms with van der Waals surface area (Å²) in [6.45, 7) is 5.81. The van der Waals surface area contributed by atoms with E-state index in [2.05, 4.69) is 13.8 Å². The smallest absolute Gasteiger partial charge is 0.212 e. The quantitative estimate of drug-likeness (QED) is 0.233. The lowest BCUT2D eigenvalue weighted by atomic mass is 10.1. The Hall–Kier alpha value is 0.380. The first-order chi connectivity index (χ1) is 11.3. The summed E-state index contributed by atoms with van der Waals surface area (Å²) in [5.74, 6) is 0. The number of rotatable bonds is 16. The third-order valence-electron chi connectivity index (χ3n) is 4.83. The zero-order valence-corrected chi connectivity index (χ0v) is 17.9. The van der Waals surface area contributed by atoms with Crippen LogP contribution in [-0.2, 0) is 9.13 Å². The van der Waals surface area contributed by atoms with Crippen LogP contribution in [0, 0.1) is 0 Å². The van der Waals surface area contributed by atoms with E-state index in [0.29, 0.717) is 12.8 Å². The monoisotopic (exact) mass is 382 g/mol. The second-order valence-electron chi connectivity index (χ2n) is 7.13. The molecule has 24 heavy (non-hydrogen) atoms. The fraction of sp³-hybridized carbons (Fsp3) is 1.00. The predicted octanol–water partition coefficient (Wildman–Crippen LogP) is 6.59. The van der Waals surface area contributed by atoms with Crippen molar-refractivity contribution in [3.8, 4) is 0 Å². The van der Waals surface area contributed by atoms with Gasteiger partial charge in [-0.05, 0) is 19.8 Å². The van der Waals surface area contributed by atoms with Crippen LogP contribution < -0.4 is 0 Å². The molecule has 0 aliphatic rings. The summed E-state index contributed by atoms with van der Waals surface area (Å²) < 4.78 is 24.9. The van der Waals surface area contributed by atoms with E-state index >= 15 is 0 Å². The summed E-state index contributed by atoms with van der Waals surface area (Å²) in [5.41, 5.74) is 0. The second kappa shape index (κ2) is 13.6. The molecule has 0 aliphatic carbocycles. The maximum Gasteiger partial charge on any atom is 0.212 e. The van der Waals surface area contributed by atoms with Gasteiger partial charge in [0.05, 0.1) is 0 Å². The van der Waals surface area contributed by atoms with Crippen molar-refractivity contribution >= 4 is 14.7 Å². The van der Waals surface area contributed by atoms with Gasteiger partial charge in [0.2, 0.25) is 14.7 Å². The molecule has 0 radical (unpaired) electrons. The third kappa shape index (κ3) is 11.1. The lowest BCUT2D eigenvalue weighted by Gasteiger charge is -2.24. The van der Waals surface area contributed by atoms with E-state index in [4.69, 9.17) is 0 Å². The van der Waals surface area contributed by atoms with Gasteiger partial charge in [0.25, 0.3) is 0 Å². The average molecular weight is 382 g/mol. The highest BCUT2D eigenvalue weighted by Crippen LogP contribution is 2.64. The Kier molecular flexibility index (Phi) is 13.8. The van der Waals surface area contributed by atoms with Crippen molar-refractivity contribution in [2.45, 2.75) is 103 Å². The largest absolute Gasteiger partial charge is 0.344 e. The van der Waals surface area contributed by atoms with E-state index in [1.807, 2.05) is 0 Å². The SMILES string of the molecule is CCCCCCCCP(=O)(O)C(C)P(=O)(O)CCCCCCCC. The maximum atomic E-state index is 12.4. The Labute approximate surface area is 149 Å². The van der Waals surface area contributed by atoms with Gasteiger partial charge >= 0.3 is 0 Å². The Morgan fingerprint density at radius 3 is 1.25 bits per heavy atom. The van der Waals surface area contributed by atoms with Crippen molar-refractivity contribution in [1.29, 1.82) is 0 Å². The minimum absolute atomic E-state index is 0.182. The van der Waals surface area contributed by atoms with Crippen molar-refractivity contribution in [2.75, 3.05) is 12.3 Å². The standard InChI is InChI=1S/C18H40O4P2/c1-4-6-8-10-12-14-16-23(19,20)18(3)24(21,22)17-15-13-11-9-7-5-2/h18H,4-17H2,1-3H3,(H,19,20)(H,21,22). The van der Waals surface area contributed by atoms with E-state index in [0.717, 1.165) is 38.5 Å². The molecule has 0 aliphatic heterocycles. The minimum Gasteiger partial charge on any atom is -0.344 e. The molecule has 4 nitrogen and oxygen atoms in total. The zero-order valence-electron chi connectivity index (χ0n) is 16.1. The Bertz CT molecular complexity index is 362. The predicted molar refractivity (Wildman–Crippen MR) is 106 cm³/mol. The summed E-state index contributed by atoms with van der Waals surface area (Å²) in [7, 11) is -7.08. The highest BCUT2D eigenvalue weighted by Gasteiger charge is 2.39. The van der Waals surface area contributed by atoms with E-state index in [1.54, 1.807) is 0 Å². The average Bonchev–Trinajstić information content (AvgIpc) is 2.53. The van der Waals surface area contributed by atoms with Crippen LogP contribution in [0.1, 0.15) is 97.8 Å². The highest BCUT2D eigenvalue weighted by molar-refractivity contribution is 7.76. The second-order valence-corrected chi connectivity index (χ2v) is 13.0. The molecule has 0 aromatic carbocycles. The van der Waals surface area contributed by atoms with E-state index < -0.39 is 20.1 Å². The van der Waals surface area contributed by atoms with Crippen molar-refractivity contribution in [1.82, 2.24) is 0 Å². The molecule has 0 rings (SSSR count). The molecule has 0 aromatic heterocycles. The molecule has 0 fully saturated rings. The summed E-state index contributed by atoms with van der Waals surface area (Å²) in [5, 5.41) is -0.976. The molecule has 0 saturated heterocycles. The molecule has 0 amide bonds. The summed E-state index contributed by atoms with van der Waals surface area (Å²) in [4.78, 5) is 20.4. The number of unbranched alkanes of at least 4 members (excludes halogenated alkanes) is 10. The molecule has 0 heterocycles. The molecule has 0 bridgehead atoms. The van der Waals surface area contributed by atoms with Gasteiger partial charge in [-0.15, -0.1) is 0 Å². The van der Waals surface area contributed by atoms with Crippen LogP contribution in [-0.4, -0.2) is 27.5 Å². The molecule has 2 unspecified atom stereocenters. The maximum absolute atomic E-state index is 12.4. The van der Waals surface area contributed by atoms with Gasteiger partial charge < -0.3 is 9.79 Å². The molecule has 2 atom stereocenters. The fourth-order valence-electron chi connectivity index (χ4n) is 2.89. The lowest BCUT2D eigenvalue weighted by molar-refractivity contribution is 0.448. The Morgan fingerprint density at radius 1 is 0.625 bits per heavy atom. The first-order valence-corrected chi connectivity index (χ1v) is 13.7. The van der Waals surface area contributed by atoms with Crippen LogP contribution in [0.15, 0.2) is 0 Å². The molecule has 146 valence electrons. The number of hydrogen-bond donors (Lipinski definition) is 2. The lowest BCUT2D eigenvalue weighted by Crippen LogP contribution is -2.10. The fourth-order valence-corrected chi connectivity index (χ4v) is 7.94. The highest BCUT2D eigenvalue weighted by atomic mass is 31.2. The van der Waals surface area contributed by atoms with Gasteiger partial charge in [0, 0.05) is 12.3 Å². The van der Waals surface area contributed by atoms with E-state index in [-0.39, 0.29) is 12.3 Å². The van der Waals surface area contributed by atoms with Gasteiger partial charge in [0.15, 0.2) is 0 Å². The van der Waals surface area contributed by atoms with Crippen LogP contribution in [0.4, 0.5) is 0 Å². The molecule has 0 spiro atoms.